The van der Waals surface area contributed by atoms with Gasteiger partial charge in [0.05, 0.1) is 12.0 Å². The number of nitro groups is 1. The molecule has 148 valence electrons. The van der Waals surface area contributed by atoms with Crippen molar-refractivity contribution >= 4 is 17.5 Å². The Balaban J connectivity index is 2.33. The maximum absolute atomic E-state index is 13.7. The fraction of sp³-hybridized carbons (Fsp3) is 0.176. The van der Waals surface area contributed by atoms with E-state index >= 15 is 0 Å². The van der Waals surface area contributed by atoms with E-state index in [1.165, 1.54) is 19.2 Å². The summed E-state index contributed by atoms with van der Waals surface area (Å²) in [6.45, 7) is 0. The monoisotopic (exact) mass is 397 g/mol. The number of primary amides is 1. The van der Waals surface area contributed by atoms with Gasteiger partial charge >= 0.3 is 0 Å². The lowest BCUT2D eigenvalue weighted by Gasteiger charge is -2.17. The van der Waals surface area contributed by atoms with Crippen molar-refractivity contribution in [1.82, 2.24) is 5.32 Å². The molecule has 0 saturated heterocycles. The van der Waals surface area contributed by atoms with Gasteiger partial charge in [-0.3, -0.25) is 19.7 Å². The predicted molar refractivity (Wildman–Crippen MR) is 90.1 cm³/mol. The van der Waals surface area contributed by atoms with Crippen molar-refractivity contribution in [3.05, 3.63) is 69.0 Å². The third-order valence-electron chi connectivity index (χ3n) is 3.78. The highest BCUT2D eigenvalue weighted by atomic mass is 19.1. The number of methoxy groups -OCH3 is 1. The molecule has 2 aromatic carbocycles. The summed E-state index contributed by atoms with van der Waals surface area (Å²) in [6, 6.07) is 2.70. The molecule has 0 bridgehead atoms. The minimum Gasteiger partial charge on any atom is -0.496 e. The third-order valence-corrected chi connectivity index (χ3v) is 3.78. The van der Waals surface area contributed by atoms with Gasteiger partial charge in [0.25, 0.3) is 11.6 Å². The van der Waals surface area contributed by atoms with Crippen molar-refractivity contribution in [2.75, 3.05) is 7.11 Å². The Hall–Kier alpha value is -3.63. The number of benzene rings is 2. The van der Waals surface area contributed by atoms with Crippen LogP contribution in [0.5, 0.6) is 5.75 Å². The zero-order valence-corrected chi connectivity index (χ0v) is 14.4. The van der Waals surface area contributed by atoms with Crippen LogP contribution in [0, 0.1) is 27.6 Å². The van der Waals surface area contributed by atoms with Crippen LogP contribution in [-0.2, 0) is 11.2 Å². The number of hydrogen-bond acceptors (Lipinski definition) is 5. The number of nitrogens with two attached hydrogens (primary N) is 1. The summed E-state index contributed by atoms with van der Waals surface area (Å²) >= 11 is 0. The lowest BCUT2D eigenvalue weighted by atomic mass is 10.0. The molecule has 0 saturated carbocycles. The molecule has 0 heterocycles. The van der Waals surface area contributed by atoms with E-state index in [9.17, 15) is 32.9 Å². The van der Waals surface area contributed by atoms with Gasteiger partial charge in [-0.15, -0.1) is 0 Å². The minimum atomic E-state index is -1.48. The fourth-order valence-corrected chi connectivity index (χ4v) is 2.47. The molecule has 0 radical (unpaired) electrons. The molecule has 0 aromatic heterocycles. The van der Waals surface area contributed by atoms with Crippen LogP contribution in [-0.4, -0.2) is 29.9 Å². The van der Waals surface area contributed by atoms with Gasteiger partial charge in [0.1, 0.15) is 34.8 Å². The van der Waals surface area contributed by atoms with Crippen LogP contribution in [0.15, 0.2) is 30.3 Å². The molecule has 0 aliphatic rings. The molecule has 0 aliphatic heterocycles. The summed E-state index contributed by atoms with van der Waals surface area (Å²) in [5.41, 5.74) is 3.98. The Morgan fingerprint density at radius 2 is 1.82 bits per heavy atom. The van der Waals surface area contributed by atoms with Gasteiger partial charge in [0, 0.05) is 36.2 Å². The van der Waals surface area contributed by atoms with Crippen LogP contribution >= 0.6 is 0 Å². The van der Waals surface area contributed by atoms with Crippen LogP contribution in [0.3, 0.4) is 0 Å². The first kappa shape index (κ1) is 20.7. The highest BCUT2D eigenvalue weighted by Crippen LogP contribution is 2.25. The molecule has 2 rings (SSSR count). The molecule has 0 aliphatic carbocycles. The number of non-ortho nitro benzene ring substituents is 1. The highest BCUT2D eigenvalue weighted by Gasteiger charge is 2.26. The zero-order valence-electron chi connectivity index (χ0n) is 14.4. The average Bonchev–Trinajstić information content (AvgIpc) is 2.59. The van der Waals surface area contributed by atoms with Gasteiger partial charge in [-0.2, -0.15) is 0 Å². The van der Waals surface area contributed by atoms with E-state index < -0.39 is 45.8 Å². The number of nitrogens with one attached hydrogen (secondary N) is 1. The summed E-state index contributed by atoms with van der Waals surface area (Å²) in [6.07, 6.45) is -0.351. The summed E-state index contributed by atoms with van der Waals surface area (Å²) < 4.78 is 45.5. The van der Waals surface area contributed by atoms with Crippen molar-refractivity contribution in [2.45, 2.75) is 12.5 Å². The molecule has 8 nitrogen and oxygen atoms in total. The Morgan fingerprint density at radius 1 is 1.21 bits per heavy atom. The number of nitrogens with zero attached hydrogens (tertiary/aromatic N) is 1. The first-order valence-electron chi connectivity index (χ1n) is 7.70. The summed E-state index contributed by atoms with van der Waals surface area (Å²) in [7, 11) is 1.28. The molecule has 28 heavy (non-hydrogen) atoms. The molecule has 0 unspecified atom stereocenters. The highest BCUT2D eigenvalue weighted by molar-refractivity contribution is 5.97. The first-order valence-corrected chi connectivity index (χ1v) is 7.70. The van der Waals surface area contributed by atoms with Crippen LogP contribution in [0.1, 0.15) is 15.9 Å². The summed E-state index contributed by atoms with van der Waals surface area (Å²) in [4.78, 5) is 34.1. The van der Waals surface area contributed by atoms with Crippen molar-refractivity contribution in [3.8, 4) is 5.75 Å². The number of hydrogen-bond donors (Lipinski definition) is 2. The zero-order chi connectivity index (χ0) is 21.0. The van der Waals surface area contributed by atoms with E-state index in [0.717, 1.165) is 6.07 Å². The van der Waals surface area contributed by atoms with Crippen molar-refractivity contribution in [1.29, 1.82) is 0 Å². The molecule has 11 heteroatoms. The Kier molecular flexibility index (Phi) is 6.18. The molecule has 0 spiro atoms. The van der Waals surface area contributed by atoms with Crippen molar-refractivity contribution < 1.29 is 32.4 Å². The number of halogens is 3. The second-order valence-corrected chi connectivity index (χ2v) is 5.63. The molecule has 3 N–H and O–H groups in total. The Labute approximate surface area is 156 Å². The molecule has 1 atom stereocenters. The largest absolute Gasteiger partial charge is 0.496 e. The van der Waals surface area contributed by atoms with Crippen LogP contribution < -0.4 is 15.8 Å². The maximum atomic E-state index is 13.7. The Morgan fingerprint density at radius 3 is 2.32 bits per heavy atom. The smallest absolute Gasteiger partial charge is 0.269 e. The van der Waals surface area contributed by atoms with Gasteiger partial charge in [-0.1, -0.05) is 0 Å². The van der Waals surface area contributed by atoms with E-state index in [0.29, 0.717) is 12.1 Å². The summed E-state index contributed by atoms with van der Waals surface area (Å²) in [5, 5.41) is 13.0. The quantitative estimate of drug-likeness (QED) is 0.545. The molecular formula is C17H14F3N3O5. The van der Waals surface area contributed by atoms with Crippen LogP contribution in [0.2, 0.25) is 0 Å². The van der Waals surface area contributed by atoms with Gasteiger partial charge < -0.3 is 15.8 Å². The van der Waals surface area contributed by atoms with E-state index in [1.54, 1.807) is 0 Å². The summed E-state index contributed by atoms with van der Waals surface area (Å²) in [5.74, 6) is -6.39. The molecule has 2 amide bonds. The number of carbonyl (C=O) groups is 2. The van der Waals surface area contributed by atoms with Crippen LogP contribution in [0.4, 0.5) is 18.9 Å². The average molecular weight is 397 g/mol. The van der Waals surface area contributed by atoms with E-state index in [2.05, 4.69) is 0 Å². The third kappa shape index (κ3) is 4.55. The Bertz CT molecular complexity index is 929. The number of nitro benzene ring substituents is 1. The minimum absolute atomic E-state index is 0.154. The van der Waals surface area contributed by atoms with Crippen molar-refractivity contribution in [2.24, 2.45) is 5.73 Å². The standard InChI is InChI=1S/C17H14F3N3O5/c1-28-14-3-2-10(23(26)27)4-8(14)5-13(16(21)24)22-17(25)15-11(19)6-9(18)7-12(15)20/h2-4,6-7,13H,5H2,1H3,(H2,21,24)(H,22,25)/t13-/m1/s1. The number of carbonyl (C=O) groups excluding carboxylic acids is 2. The fourth-order valence-electron chi connectivity index (χ4n) is 2.47. The molecule has 2 aromatic rings. The lowest BCUT2D eigenvalue weighted by Crippen LogP contribution is -2.46. The second-order valence-electron chi connectivity index (χ2n) is 5.63. The van der Waals surface area contributed by atoms with E-state index in [1.807, 2.05) is 5.32 Å². The second kappa shape index (κ2) is 8.37. The number of rotatable bonds is 7. The van der Waals surface area contributed by atoms with Gasteiger partial charge in [0.2, 0.25) is 5.91 Å². The number of ether oxygens (including phenoxy) is 1. The van der Waals surface area contributed by atoms with E-state index in [-0.39, 0.29) is 23.4 Å². The SMILES string of the molecule is COc1ccc([N+](=O)[O-])cc1C[C@@H](NC(=O)c1c(F)cc(F)cc1F)C(N)=O. The molecule has 0 fully saturated rings. The topological polar surface area (TPSA) is 125 Å². The van der Waals surface area contributed by atoms with Gasteiger partial charge in [-0.25, -0.2) is 13.2 Å². The van der Waals surface area contributed by atoms with Gasteiger partial charge in [0.15, 0.2) is 0 Å². The normalized spacial score (nSPS) is 11.6. The van der Waals surface area contributed by atoms with Gasteiger partial charge in [-0.05, 0) is 6.07 Å². The number of amides is 2. The maximum Gasteiger partial charge on any atom is 0.269 e. The van der Waals surface area contributed by atoms with E-state index in [4.69, 9.17) is 10.5 Å². The van der Waals surface area contributed by atoms with Crippen LogP contribution in [0.25, 0.3) is 0 Å². The molecular weight excluding hydrogens is 383 g/mol. The lowest BCUT2D eigenvalue weighted by molar-refractivity contribution is -0.384. The first-order chi connectivity index (χ1) is 13.1. The predicted octanol–water partition coefficient (Wildman–Crippen LogP) is 1.85. The van der Waals surface area contributed by atoms with Crippen molar-refractivity contribution in [3.63, 3.8) is 0 Å².